The third kappa shape index (κ3) is 3.69. The molecule has 0 unspecified atom stereocenters. The van der Waals surface area contributed by atoms with Gasteiger partial charge in [-0.1, -0.05) is 6.07 Å². The molecule has 128 valence electrons. The van der Waals surface area contributed by atoms with E-state index in [0.717, 1.165) is 43.8 Å². The average Bonchev–Trinajstić information content (AvgIpc) is 2.89. The average molecular weight is 321 g/mol. The fourth-order valence-electron chi connectivity index (χ4n) is 4.09. The van der Waals surface area contributed by atoms with Crippen LogP contribution >= 0.6 is 0 Å². The van der Waals surface area contributed by atoms with Gasteiger partial charge in [-0.2, -0.15) is 0 Å². The summed E-state index contributed by atoms with van der Waals surface area (Å²) >= 11 is 0. The van der Waals surface area contributed by atoms with Crippen LogP contribution in [-0.2, 0) is 17.9 Å². The van der Waals surface area contributed by atoms with Gasteiger partial charge in [0.2, 0.25) is 0 Å². The Balaban J connectivity index is 1.65. The highest BCUT2D eigenvalue weighted by Gasteiger charge is 2.40. The van der Waals surface area contributed by atoms with Crippen LogP contribution in [0.25, 0.3) is 0 Å². The van der Waals surface area contributed by atoms with Gasteiger partial charge < -0.3 is 19.7 Å². The van der Waals surface area contributed by atoms with Gasteiger partial charge in [-0.05, 0) is 42.4 Å². The molecule has 1 aliphatic carbocycles. The van der Waals surface area contributed by atoms with Crippen molar-refractivity contribution in [1.29, 1.82) is 0 Å². The third-order valence-corrected chi connectivity index (χ3v) is 5.24. The van der Waals surface area contributed by atoms with Crippen molar-refractivity contribution in [2.75, 3.05) is 27.3 Å². The number of hydrogen-bond acceptors (Lipinski definition) is 5. The number of fused-ring (bicyclic) bond motifs is 1. The molecule has 5 nitrogen and oxygen atoms in total. The zero-order valence-electron chi connectivity index (χ0n) is 13.9. The van der Waals surface area contributed by atoms with Crippen LogP contribution in [-0.4, -0.2) is 54.6 Å². The van der Waals surface area contributed by atoms with Crippen LogP contribution in [0, 0.1) is 11.8 Å². The zero-order chi connectivity index (χ0) is 16.4. The van der Waals surface area contributed by atoms with E-state index in [2.05, 4.69) is 17.0 Å². The molecule has 23 heavy (non-hydrogen) atoms. The Labute approximate surface area is 137 Å². The number of benzene rings is 1. The standard InChI is InChI=1S/C18H27NO4/c1-22-11-15-5-12(3-4-18(15)23-2)8-19-9-13-6-16(20)17(21)7-14(13)10-19/h3-5,13-14,16-17,20-21H,6-11H2,1-2H3/t13-,14+,16-,17-/m0/s1. The van der Waals surface area contributed by atoms with Crippen LogP contribution in [0.5, 0.6) is 5.75 Å². The highest BCUT2D eigenvalue weighted by Crippen LogP contribution is 2.37. The van der Waals surface area contributed by atoms with E-state index in [1.54, 1.807) is 14.2 Å². The summed E-state index contributed by atoms with van der Waals surface area (Å²) in [4.78, 5) is 2.43. The summed E-state index contributed by atoms with van der Waals surface area (Å²) in [5.41, 5.74) is 2.31. The molecule has 0 aromatic heterocycles. The molecule has 1 aliphatic heterocycles. The maximum atomic E-state index is 9.86. The molecule has 0 amide bonds. The van der Waals surface area contributed by atoms with Crippen molar-refractivity contribution < 1.29 is 19.7 Å². The van der Waals surface area contributed by atoms with Crippen LogP contribution in [0.3, 0.4) is 0 Å². The Morgan fingerprint density at radius 2 is 1.74 bits per heavy atom. The molecular formula is C18H27NO4. The number of aliphatic hydroxyl groups is 2. The minimum Gasteiger partial charge on any atom is -0.496 e. The third-order valence-electron chi connectivity index (χ3n) is 5.24. The van der Waals surface area contributed by atoms with Crippen LogP contribution in [0.2, 0.25) is 0 Å². The number of hydrogen-bond donors (Lipinski definition) is 2. The smallest absolute Gasteiger partial charge is 0.124 e. The van der Waals surface area contributed by atoms with Gasteiger partial charge in [0, 0.05) is 32.3 Å². The molecule has 0 radical (unpaired) electrons. The van der Waals surface area contributed by atoms with Gasteiger partial charge in [0.1, 0.15) is 5.75 Å². The Morgan fingerprint density at radius 3 is 2.30 bits per heavy atom. The van der Waals surface area contributed by atoms with Crippen LogP contribution in [0.15, 0.2) is 18.2 Å². The van der Waals surface area contributed by atoms with Crippen LogP contribution in [0.4, 0.5) is 0 Å². The summed E-state index contributed by atoms with van der Waals surface area (Å²) in [6.45, 7) is 3.43. The lowest BCUT2D eigenvalue weighted by atomic mass is 9.79. The Kier molecular flexibility index (Phi) is 5.21. The lowest BCUT2D eigenvalue weighted by Gasteiger charge is -2.32. The topological polar surface area (TPSA) is 62.2 Å². The fraction of sp³-hybridized carbons (Fsp3) is 0.667. The Morgan fingerprint density at radius 1 is 1.09 bits per heavy atom. The number of ether oxygens (including phenoxy) is 2. The van der Waals surface area contributed by atoms with Crippen molar-refractivity contribution in [2.24, 2.45) is 11.8 Å². The van der Waals surface area contributed by atoms with Crippen molar-refractivity contribution in [3.05, 3.63) is 29.3 Å². The van der Waals surface area contributed by atoms with Gasteiger partial charge in [0.05, 0.1) is 25.9 Å². The minimum atomic E-state index is -0.550. The van der Waals surface area contributed by atoms with E-state index < -0.39 is 12.2 Å². The second kappa shape index (κ2) is 7.18. The summed E-state index contributed by atoms with van der Waals surface area (Å²) in [5, 5.41) is 19.7. The maximum Gasteiger partial charge on any atom is 0.124 e. The Hall–Kier alpha value is -1.14. The lowest BCUT2D eigenvalue weighted by Crippen LogP contribution is -2.38. The van der Waals surface area contributed by atoms with Crippen molar-refractivity contribution >= 4 is 0 Å². The molecule has 5 heteroatoms. The molecular weight excluding hydrogens is 294 g/mol. The molecule has 2 fully saturated rings. The molecule has 1 aromatic carbocycles. The maximum absolute atomic E-state index is 9.86. The van der Waals surface area contributed by atoms with E-state index in [1.165, 1.54) is 5.56 Å². The number of aliphatic hydroxyl groups excluding tert-OH is 2. The highest BCUT2D eigenvalue weighted by atomic mass is 16.5. The number of methoxy groups -OCH3 is 2. The lowest BCUT2D eigenvalue weighted by molar-refractivity contribution is -0.0372. The van der Waals surface area contributed by atoms with Crippen LogP contribution < -0.4 is 4.74 Å². The first-order valence-corrected chi connectivity index (χ1v) is 8.34. The second-order valence-corrected chi connectivity index (χ2v) is 6.90. The molecule has 1 heterocycles. The normalized spacial score (nSPS) is 31.1. The van der Waals surface area contributed by atoms with E-state index in [-0.39, 0.29) is 0 Å². The summed E-state index contributed by atoms with van der Waals surface area (Å²) in [5.74, 6) is 1.87. The van der Waals surface area contributed by atoms with E-state index >= 15 is 0 Å². The van der Waals surface area contributed by atoms with E-state index in [1.807, 2.05) is 6.07 Å². The Bertz CT molecular complexity index is 518. The van der Waals surface area contributed by atoms with Gasteiger partial charge in [-0.25, -0.2) is 0 Å². The van der Waals surface area contributed by atoms with Gasteiger partial charge in [-0.3, -0.25) is 4.90 Å². The van der Waals surface area contributed by atoms with E-state index in [0.29, 0.717) is 18.4 Å². The second-order valence-electron chi connectivity index (χ2n) is 6.90. The number of likely N-dealkylation sites (tertiary alicyclic amines) is 1. The van der Waals surface area contributed by atoms with Crippen molar-refractivity contribution in [1.82, 2.24) is 4.90 Å². The summed E-state index contributed by atoms with van der Waals surface area (Å²) in [6, 6.07) is 6.25. The van der Waals surface area contributed by atoms with Crippen molar-refractivity contribution in [2.45, 2.75) is 38.2 Å². The summed E-state index contributed by atoms with van der Waals surface area (Å²) in [7, 11) is 3.36. The molecule has 1 aromatic rings. The van der Waals surface area contributed by atoms with E-state index in [4.69, 9.17) is 9.47 Å². The molecule has 0 bridgehead atoms. The molecule has 4 atom stereocenters. The largest absolute Gasteiger partial charge is 0.496 e. The summed E-state index contributed by atoms with van der Waals surface area (Å²) < 4.78 is 10.6. The van der Waals surface area contributed by atoms with Crippen LogP contribution in [0.1, 0.15) is 24.0 Å². The van der Waals surface area contributed by atoms with E-state index in [9.17, 15) is 10.2 Å². The van der Waals surface area contributed by atoms with Gasteiger partial charge in [-0.15, -0.1) is 0 Å². The zero-order valence-corrected chi connectivity index (χ0v) is 13.9. The molecule has 1 saturated heterocycles. The van der Waals surface area contributed by atoms with Gasteiger partial charge in [0.15, 0.2) is 0 Å². The minimum absolute atomic E-state index is 0.505. The fourth-order valence-corrected chi connectivity index (χ4v) is 4.09. The first-order chi connectivity index (χ1) is 11.1. The highest BCUT2D eigenvalue weighted by molar-refractivity contribution is 5.37. The number of nitrogens with zero attached hydrogens (tertiary/aromatic N) is 1. The SMILES string of the molecule is COCc1cc(CN2C[C@H]3C[C@H](O)[C@@H](O)C[C@H]3C2)ccc1OC. The van der Waals surface area contributed by atoms with Gasteiger partial charge in [0.25, 0.3) is 0 Å². The molecule has 0 spiro atoms. The molecule has 3 rings (SSSR count). The van der Waals surface area contributed by atoms with Crippen molar-refractivity contribution in [3.63, 3.8) is 0 Å². The van der Waals surface area contributed by atoms with Crippen molar-refractivity contribution in [3.8, 4) is 5.75 Å². The predicted molar refractivity (Wildman–Crippen MR) is 87.2 cm³/mol. The quantitative estimate of drug-likeness (QED) is 0.858. The molecule has 2 N–H and O–H groups in total. The van der Waals surface area contributed by atoms with Gasteiger partial charge >= 0.3 is 0 Å². The monoisotopic (exact) mass is 321 g/mol. The summed E-state index contributed by atoms with van der Waals surface area (Å²) in [6.07, 6.45) is 0.343. The predicted octanol–water partition coefficient (Wildman–Crippen LogP) is 1.41. The first kappa shape index (κ1) is 16.7. The number of rotatable bonds is 5. The first-order valence-electron chi connectivity index (χ1n) is 8.34. The molecule has 2 aliphatic rings. The molecule has 1 saturated carbocycles.